The summed E-state index contributed by atoms with van der Waals surface area (Å²) in [7, 11) is -3.75. The van der Waals surface area contributed by atoms with E-state index in [0.29, 0.717) is 18.7 Å². The van der Waals surface area contributed by atoms with Crippen LogP contribution in [-0.2, 0) is 14.8 Å². The molecule has 1 fully saturated rings. The first kappa shape index (κ1) is 14.2. The van der Waals surface area contributed by atoms with Gasteiger partial charge >= 0.3 is 0 Å². The molecule has 6 nitrogen and oxygen atoms in total. The zero-order valence-electron chi connectivity index (χ0n) is 10.5. The van der Waals surface area contributed by atoms with Gasteiger partial charge in [-0.25, -0.2) is 22.8 Å². The van der Waals surface area contributed by atoms with Crippen molar-refractivity contribution >= 4 is 43.5 Å². The molecule has 0 radical (unpaired) electrons. The predicted octanol–water partition coefficient (Wildman–Crippen LogP) is 1.28. The fraction of sp³-hybridized carbons (Fsp3) is 0.364. The number of nitrogens with zero attached hydrogens (tertiary/aromatic N) is 2. The van der Waals surface area contributed by atoms with Gasteiger partial charge in [0.25, 0.3) is 0 Å². The van der Waals surface area contributed by atoms with Crippen molar-refractivity contribution in [3.05, 3.63) is 18.2 Å². The highest BCUT2D eigenvalue weighted by atomic mass is 32.2. The first-order valence-corrected chi connectivity index (χ1v) is 9.11. The fourth-order valence-corrected chi connectivity index (χ4v) is 4.82. The van der Waals surface area contributed by atoms with Gasteiger partial charge in [-0.1, -0.05) is 6.07 Å². The van der Waals surface area contributed by atoms with Gasteiger partial charge in [-0.15, -0.1) is 11.3 Å². The van der Waals surface area contributed by atoms with Gasteiger partial charge in [0.05, 0.1) is 17.9 Å². The van der Waals surface area contributed by atoms with Gasteiger partial charge in [0, 0.05) is 13.1 Å². The summed E-state index contributed by atoms with van der Waals surface area (Å²) in [5, 5.41) is 5.22. The van der Waals surface area contributed by atoms with Crippen LogP contribution < -0.4 is 5.14 Å². The summed E-state index contributed by atoms with van der Waals surface area (Å²) in [4.78, 5) is 4.50. The van der Waals surface area contributed by atoms with Gasteiger partial charge in [0.15, 0.2) is 4.34 Å². The van der Waals surface area contributed by atoms with Crippen molar-refractivity contribution in [2.75, 3.05) is 26.3 Å². The second-order valence-electron chi connectivity index (χ2n) is 4.26. The molecule has 1 aliphatic heterocycles. The number of rotatable bonds is 3. The molecule has 1 aromatic carbocycles. The van der Waals surface area contributed by atoms with Gasteiger partial charge in [-0.05, 0) is 24.1 Å². The summed E-state index contributed by atoms with van der Waals surface area (Å²) >= 11 is 3.01. The Morgan fingerprint density at radius 3 is 2.80 bits per heavy atom. The Balaban J connectivity index is 1.94. The smallest absolute Gasteiger partial charge is 0.240 e. The van der Waals surface area contributed by atoms with E-state index < -0.39 is 10.0 Å². The van der Waals surface area contributed by atoms with E-state index in [1.54, 1.807) is 6.07 Å². The van der Waals surface area contributed by atoms with Crippen LogP contribution in [0.3, 0.4) is 0 Å². The zero-order chi connectivity index (χ0) is 14.2. The minimum atomic E-state index is -3.75. The lowest BCUT2D eigenvalue weighted by Gasteiger charge is -2.23. The van der Waals surface area contributed by atoms with Crippen LogP contribution in [0, 0.1) is 0 Å². The van der Waals surface area contributed by atoms with E-state index >= 15 is 0 Å². The lowest BCUT2D eigenvalue weighted by molar-refractivity contribution is 0.0773. The first-order valence-electron chi connectivity index (χ1n) is 5.97. The van der Waals surface area contributed by atoms with Crippen LogP contribution in [-0.4, -0.2) is 44.0 Å². The third-order valence-electron chi connectivity index (χ3n) is 2.85. The molecular formula is C11H13N3O3S3. The van der Waals surface area contributed by atoms with Gasteiger partial charge in [-0.3, -0.25) is 0 Å². The highest BCUT2D eigenvalue weighted by Crippen LogP contribution is 2.34. The lowest BCUT2D eigenvalue weighted by atomic mass is 10.3. The Labute approximate surface area is 125 Å². The maximum atomic E-state index is 11.6. The molecule has 0 bridgehead atoms. The summed E-state index contributed by atoms with van der Waals surface area (Å²) in [6.45, 7) is 3.09. The van der Waals surface area contributed by atoms with Gasteiger partial charge in [0.1, 0.15) is 10.4 Å². The second-order valence-corrected chi connectivity index (χ2v) is 8.16. The Bertz CT molecular complexity index is 723. The van der Waals surface area contributed by atoms with Crippen LogP contribution in [0.4, 0.5) is 0 Å². The molecule has 1 aliphatic rings. The third-order valence-corrected chi connectivity index (χ3v) is 5.95. The predicted molar refractivity (Wildman–Crippen MR) is 79.2 cm³/mol. The highest BCUT2D eigenvalue weighted by Gasteiger charge is 2.18. The van der Waals surface area contributed by atoms with Crippen molar-refractivity contribution < 1.29 is 13.2 Å². The lowest BCUT2D eigenvalue weighted by Crippen LogP contribution is -2.30. The first-order chi connectivity index (χ1) is 9.54. The van der Waals surface area contributed by atoms with Crippen molar-refractivity contribution in [3.63, 3.8) is 0 Å². The topological polar surface area (TPSA) is 85.5 Å². The van der Waals surface area contributed by atoms with E-state index in [1.165, 1.54) is 29.4 Å². The summed E-state index contributed by atoms with van der Waals surface area (Å²) in [6, 6.07) is 5.02. The van der Waals surface area contributed by atoms with E-state index in [9.17, 15) is 8.42 Å². The zero-order valence-corrected chi connectivity index (χ0v) is 12.9. The van der Waals surface area contributed by atoms with Gasteiger partial charge in [-0.2, -0.15) is 0 Å². The summed E-state index contributed by atoms with van der Waals surface area (Å²) in [5.41, 5.74) is 0.454. The van der Waals surface area contributed by atoms with Crippen LogP contribution in [0.5, 0.6) is 0 Å². The number of sulfonamides is 1. The molecule has 0 aliphatic carbocycles. The van der Waals surface area contributed by atoms with E-state index in [-0.39, 0.29) is 4.90 Å². The van der Waals surface area contributed by atoms with Crippen LogP contribution >= 0.6 is 23.3 Å². The van der Waals surface area contributed by atoms with Crippen LogP contribution in [0.1, 0.15) is 0 Å². The molecule has 3 rings (SSSR count). The molecule has 0 saturated carbocycles. The SMILES string of the molecule is NS(=O)(=O)c1cccc2sc(SN3CCOCC3)nc12. The quantitative estimate of drug-likeness (QED) is 0.853. The Morgan fingerprint density at radius 1 is 1.35 bits per heavy atom. The number of nitrogens with two attached hydrogens (primary N) is 1. The highest BCUT2D eigenvalue weighted by molar-refractivity contribution is 7.99. The number of thiazole rings is 1. The molecule has 0 atom stereocenters. The van der Waals surface area contributed by atoms with Gasteiger partial charge < -0.3 is 4.74 Å². The number of hydrogen-bond donors (Lipinski definition) is 1. The van der Waals surface area contributed by atoms with E-state index in [4.69, 9.17) is 9.88 Å². The normalized spacial score (nSPS) is 17.6. The van der Waals surface area contributed by atoms with Crippen LogP contribution in [0.2, 0.25) is 0 Å². The Morgan fingerprint density at radius 2 is 2.10 bits per heavy atom. The van der Waals surface area contributed by atoms with E-state index in [0.717, 1.165) is 22.1 Å². The summed E-state index contributed by atoms with van der Waals surface area (Å²) < 4.78 is 32.2. The van der Waals surface area contributed by atoms with Crippen molar-refractivity contribution in [2.45, 2.75) is 9.24 Å². The number of benzene rings is 1. The summed E-state index contributed by atoms with van der Waals surface area (Å²) in [6.07, 6.45) is 0. The third kappa shape index (κ3) is 2.97. The molecule has 1 aromatic heterocycles. The second kappa shape index (κ2) is 5.58. The number of morpholine rings is 1. The molecular weight excluding hydrogens is 318 g/mol. The molecule has 0 amide bonds. The molecule has 20 heavy (non-hydrogen) atoms. The Hall–Kier alpha value is -0.710. The number of hydrogen-bond acceptors (Lipinski definition) is 7. The maximum Gasteiger partial charge on any atom is 0.240 e. The van der Waals surface area contributed by atoms with Crippen LogP contribution in [0.15, 0.2) is 27.4 Å². The number of primary sulfonamides is 1. The standard InChI is InChI=1S/C11H13N3O3S3/c12-20(15,16)9-3-1-2-8-10(9)13-11(18-8)19-14-4-6-17-7-5-14/h1-3H,4-7H2,(H2,12,15,16). The van der Waals surface area contributed by atoms with Crippen LogP contribution in [0.25, 0.3) is 10.2 Å². The average Bonchev–Trinajstić information content (AvgIpc) is 2.80. The number of ether oxygens (including phenoxy) is 1. The minimum absolute atomic E-state index is 0.0834. The number of para-hydroxylation sites is 1. The average molecular weight is 331 g/mol. The molecule has 9 heteroatoms. The number of aromatic nitrogens is 1. The minimum Gasteiger partial charge on any atom is -0.379 e. The molecule has 108 valence electrons. The monoisotopic (exact) mass is 331 g/mol. The largest absolute Gasteiger partial charge is 0.379 e. The fourth-order valence-electron chi connectivity index (χ4n) is 1.92. The van der Waals surface area contributed by atoms with Crippen molar-refractivity contribution in [1.29, 1.82) is 0 Å². The van der Waals surface area contributed by atoms with Crippen molar-refractivity contribution in [3.8, 4) is 0 Å². The van der Waals surface area contributed by atoms with Crippen molar-refractivity contribution in [1.82, 2.24) is 9.29 Å². The molecule has 2 aromatic rings. The van der Waals surface area contributed by atoms with Gasteiger partial charge in [0.2, 0.25) is 10.0 Å². The Kier molecular flexibility index (Phi) is 3.98. The molecule has 1 saturated heterocycles. The molecule has 0 spiro atoms. The van der Waals surface area contributed by atoms with Crippen molar-refractivity contribution in [2.24, 2.45) is 5.14 Å². The molecule has 2 heterocycles. The maximum absolute atomic E-state index is 11.6. The molecule has 2 N–H and O–H groups in total. The van der Waals surface area contributed by atoms with E-state index in [2.05, 4.69) is 9.29 Å². The number of fused-ring (bicyclic) bond motifs is 1. The molecule has 0 unspecified atom stereocenters. The van der Waals surface area contributed by atoms with E-state index in [1.807, 2.05) is 6.07 Å². The summed E-state index contributed by atoms with van der Waals surface area (Å²) in [5.74, 6) is 0.